The van der Waals surface area contributed by atoms with Gasteiger partial charge in [-0.25, -0.2) is 4.68 Å². The molecule has 0 radical (unpaired) electrons. The Hall–Kier alpha value is -2.30. The summed E-state index contributed by atoms with van der Waals surface area (Å²) in [4.78, 5) is 13.1. The Morgan fingerprint density at radius 1 is 1.29 bits per heavy atom. The Labute approximate surface area is 167 Å². The van der Waals surface area contributed by atoms with Crippen LogP contribution < -0.4 is 10.1 Å². The average Bonchev–Trinajstić information content (AvgIpc) is 3.11. The summed E-state index contributed by atoms with van der Waals surface area (Å²) in [6.07, 6.45) is 7.75. The largest absolute Gasteiger partial charge is 0.472 e. The van der Waals surface area contributed by atoms with Crippen LogP contribution in [0.4, 0.5) is 0 Å². The maximum atomic E-state index is 13.1. The molecule has 5 heteroatoms. The lowest BCUT2D eigenvalue weighted by Gasteiger charge is -2.61. The van der Waals surface area contributed by atoms with Gasteiger partial charge in [-0.1, -0.05) is 50.6 Å². The highest BCUT2D eigenvalue weighted by Gasteiger charge is 2.57. The first-order valence-corrected chi connectivity index (χ1v) is 10.6. The first-order chi connectivity index (χ1) is 13.6. The van der Waals surface area contributed by atoms with Crippen molar-refractivity contribution in [2.75, 3.05) is 0 Å². The standard InChI is InChI=1S/C23H31N3O2/c1-4-16-11-18-13-23(5-2,12-16)20(18)25-21(27)19-14-24-26(3)22(19)28-15-17-9-7-6-8-10-17/h6-10,14,16,18,20H,4-5,11-13,15H2,1-3H3,(H,25,27). The van der Waals surface area contributed by atoms with Crippen molar-refractivity contribution in [3.05, 3.63) is 47.7 Å². The van der Waals surface area contributed by atoms with Crippen molar-refractivity contribution in [1.29, 1.82) is 0 Å². The molecule has 1 amide bonds. The van der Waals surface area contributed by atoms with Gasteiger partial charge in [-0.05, 0) is 48.5 Å². The summed E-state index contributed by atoms with van der Waals surface area (Å²) < 4.78 is 7.61. The number of fused-ring (bicyclic) bond motifs is 2. The molecule has 3 fully saturated rings. The number of carbonyl (C=O) groups is 1. The lowest BCUT2D eigenvalue weighted by molar-refractivity contribution is -0.0820. The van der Waals surface area contributed by atoms with E-state index in [9.17, 15) is 4.79 Å². The number of nitrogens with one attached hydrogen (secondary N) is 1. The van der Waals surface area contributed by atoms with Gasteiger partial charge in [-0.3, -0.25) is 4.79 Å². The van der Waals surface area contributed by atoms with Gasteiger partial charge in [-0.15, -0.1) is 0 Å². The SMILES string of the molecule is CCC1CC2CC(CC)(C1)C2NC(=O)c1cnn(C)c1OCc1ccccc1. The van der Waals surface area contributed by atoms with Crippen molar-refractivity contribution in [3.8, 4) is 5.88 Å². The Kier molecular flexibility index (Phi) is 5.17. The number of aromatic nitrogens is 2. The second-order valence-electron chi connectivity index (χ2n) is 8.61. The Bertz CT molecular complexity index is 830. The number of hydrogen-bond acceptors (Lipinski definition) is 3. The fourth-order valence-corrected chi connectivity index (χ4v) is 5.41. The molecule has 4 unspecified atom stereocenters. The number of hydrogen-bond donors (Lipinski definition) is 1. The molecular weight excluding hydrogens is 350 g/mol. The highest BCUT2D eigenvalue weighted by atomic mass is 16.5. The van der Waals surface area contributed by atoms with E-state index in [1.807, 2.05) is 37.4 Å². The first kappa shape index (κ1) is 19.0. The van der Waals surface area contributed by atoms with Crippen molar-refractivity contribution in [3.63, 3.8) is 0 Å². The summed E-state index contributed by atoms with van der Waals surface area (Å²) in [5, 5.41) is 7.62. The fraction of sp³-hybridized carbons (Fsp3) is 0.565. The third kappa shape index (κ3) is 3.31. The number of ether oxygens (including phenoxy) is 1. The van der Waals surface area contributed by atoms with Gasteiger partial charge in [0.2, 0.25) is 5.88 Å². The number of carbonyl (C=O) groups excluding carboxylic acids is 1. The van der Waals surface area contributed by atoms with Crippen molar-refractivity contribution in [2.24, 2.45) is 24.3 Å². The molecular formula is C23H31N3O2. The Balaban J connectivity index is 1.46. The quantitative estimate of drug-likeness (QED) is 0.776. The van der Waals surface area contributed by atoms with E-state index in [0.717, 1.165) is 17.9 Å². The van der Waals surface area contributed by atoms with Crippen LogP contribution in [0.2, 0.25) is 0 Å². The molecule has 3 aliphatic rings. The van der Waals surface area contributed by atoms with E-state index >= 15 is 0 Å². The topological polar surface area (TPSA) is 56.2 Å². The molecule has 3 saturated carbocycles. The van der Waals surface area contributed by atoms with Crippen molar-refractivity contribution in [2.45, 2.75) is 58.6 Å². The molecule has 1 N–H and O–H groups in total. The van der Waals surface area contributed by atoms with Crippen LogP contribution in [0.15, 0.2) is 36.5 Å². The van der Waals surface area contributed by atoms with E-state index < -0.39 is 0 Å². The third-order valence-electron chi connectivity index (χ3n) is 7.05. The van der Waals surface area contributed by atoms with Gasteiger partial charge in [0, 0.05) is 13.1 Å². The van der Waals surface area contributed by atoms with E-state index in [1.165, 1.54) is 25.7 Å². The van der Waals surface area contributed by atoms with Crippen LogP contribution in [-0.2, 0) is 13.7 Å². The molecule has 1 aromatic heterocycles. The van der Waals surface area contributed by atoms with E-state index in [4.69, 9.17) is 4.74 Å². The summed E-state index contributed by atoms with van der Waals surface area (Å²) in [7, 11) is 1.81. The molecule has 5 rings (SSSR count). The Morgan fingerprint density at radius 3 is 2.79 bits per heavy atom. The zero-order valence-corrected chi connectivity index (χ0v) is 17.1. The Morgan fingerprint density at radius 2 is 2.07 bits per heavy atom. The van der Waals surface area contributed by atoms with Crippen LogP contribution in [-0.4, -0.2) is 21.7 Å². The van der Waals surface area contributed by atoms with Crippen LogP contribution >= 0.6 is 0 Å². The zero-order chi connectivity index (χ0) is 19.7. The van der Waals surface area contributed by atoms with Gasteiger partial charge >= 0.3 is 0 Å². The van der Waals surface area contributed by atoms with E-state index in [1.54, 1.807) is 10.9 Å². The lowest BCUT2D eigenvalue weighted by atomic mass is 9.47. The normalized spacial score (nSPS) is 28.5. The fourth-order valence-electron chi connectivity index (χ4n) is 5.41. The second kappa shape index (κ2) is 7.61. The van der Waals surface area contributed by atoms with Crippen LogP contribution in [0.3, 0.4) is 0 Å². The average molecular weight is 382 g/mol. The lowest BCUT2D eigenvalue weighted by Crippen LogP contribution is -2.64. The molecule has 5 nitrogen and oxygen atoms in total. The van der Waals surface area contributed by atoms with Crippen molar-refractivity contribution < 1.29 is 9.53 Å². The highest BCUT2D eigenvalue weighted by molar-refractivity contribution is 5.96. The smallest absolute Gasteiger partial charge is 0.258 e. The summed E-state index contributed by atoms with van der Waals surface area (Å²) in [6.45, 7) is 4.98. The van der Waals surface area contributed by atoms with Gasteiger partial charge in [-0.2, -0.15) is 5.10 Å². The summed E-state index contributed by atoms with van der Waals surface area (Å²) >= 11 is 0. The van der Waals surface area contributed by atoms with E-state index in [-0.39, 0.29) is 17.4 Å². The van der Waals surface area contributed by atoms with Crippen LogP contribution in [0.5, 0.6) is 5.88 Å². The summed E-state index contributed by atoms with van der Waals surface area (Å²) in [6, 6.07) is 10.3. The van der Waals surface area contributed by atoms with Crippen LogP contribution in [0.1, 0.15) is 61.9 Å². The van der Waals surface area contributed by atoms with Gasteiger partial charge in [0.25, 0.3) is 5.91 Å². The molecule has 28 heavy (non-hydrogen) atoms. The monoisotopic (exact) mass is 381 g/mol. The predicted octanol–water partition coefficient (Wildman–Crippen LogP) is 4.33. The third-order valence-corrected chi connectivity index (χ3v) is 7.05. The highest BCUT2D eigenvalue weighted by Crippen LogP contribution is 2.60. The minimum absolute atomic E-state index is 0.0568. The molecule has 0 spiro atoms. The van der Waals surface area contributed by atoms with Crippen LogP contribution in [0, 0.1) is 17.3 Å². The minimum atomic E-state index is -0.0568. The first-order valence-electron chi connectivity index (χ1n) is 10.6. The van der Waals surface area contributed by atoms with Gasteiger partial charge in [0.15, 0.2) is 0 Å². The molecule has 2 bridgehead atoms. The molecule has 0 saturated heterocycles. The van der Waals surface area contributed by atoms with Crippen molar-refractivity contribution in [1.82, 2.24) is 15.1 Å². The summed E-state index contributed by atoms with van der Waals surface area (Å²) in [5.41, 5.74) is 1.88. The van der Waals surface area contributed by atoms with Gasteiger partial charge < -0.3 is 10.1 Å². The number of rotatable bonds is 7. The molecule has 1 aromatic carbocycles. The molecule has 0 aliphatic heterocycles. The second-order valence-corrected chi connectivity index (χ2v) is 8.61. The molecule has 3 aliphatic carbocycles. The predicted molar refractivity (Wildman–Crippen MR) is 109 cm³/mol. The number of aryl methyl sites for hydroxylation is 1. The van der Waals surface area contributed by atoms with E-state index in [0.29, 0.717) is 24.0 Å². The zero-order valence-electron chi connectivity index (χ0n) is 17.1. The van der Waals surface area contributed by atoms with E-state index in [2.05, 4.69) is 24.3 Å². The van der Waals surface area contributed by atoms with Crippen LogP contribution in [0.25, 0.3) is 0 Å². The van der Waals surface area contributed by atoms with Gasteiger partial charge in [0.1, 0.15) is 12.2 Å². The number of benzene rings is 1. The number of amides is 1. The molecule has 2 aromatic rings. The maximum absolute atomic E-state index is 13.1. The summed E-state index contributed by atoms with van der Waals surface area (Å²) in [5.74, 6) is 1.91. The maximum Gasteiger partial charge on any atom is 0.258 e. The van der Waals surface area contributed by atoms with Crippen molar-refractivity contribution >= 4 is 5.91 Å². The molecule has 1 heterocycles. The molecule has 4 atom stereocenters. The van der Waals surface area contributed by atoms with Gasteiger partial charge in [0.05, 0.1) is 6.20 Å². The molecule has 150 valence electrons. The number of nitrogens with zero attached hydrogens (tertiary/aromatic N) is 2. The minimum Gasteiger partial charge on any atom is -0.472 e.